The fraction of sp³-hybridized carbons (Fsp3) is 0.250. The molecule has 0 saturated carbocycles. The number of ether oxygens (including phenoxy) is 1. The van der Waals surface area contributed by atoms with Crippen molar-refractivity contribution in [3.8, 4) is 22.4 Å². The first kappa shape index (κ1) is 18.4. The van der Waals surface area contributed by atoms with Crippen molar-refractivity contribution in [3.05, 3.63) is 57.7 Å². The first-order valence-electron chi connectivity index (χ1n) is 8.13. The van der Waals surface area contributed by atoms with Gasteiger partial charge in [0.1, 0.15) is 21.9 Å². The minimum absolute atomic E-state index is 0.670. The van der Waals surface area contributed by atoms with Gasteiger partial charge in [0, 0.05) is 22.4 Å². The normalized spacial score (nSPS) is 10.6. The van der Waals surface area contributed by atoms with Crippen molar-refractivity contribution in [1.82, 2.24) is 9.97 Å². The van der Waals surface area contributed by atoms with E-state index in [2.05, 4.69) is 16.4 Å². The van der Waals surface area contributed by atoms with Gasteiger partial charge in [-0.1, -0.05) is 11.8 Å². The van der Waals surface area contributed by atoms with Crippen LogP contribution in [0.4, 0.5) is 0 Å². The van der Waals surface area contributed by atoms with Crippen LogP contribution in [0.1, 0.15) is 28.1 Å². The summed E-state index contributed by atoms with van der Waals surface area (Å²) in [7, 11) is 1.66. The van der Waals surface area contributed by atoms with Crippen LogP contribution in [0, 0.1) is 32.1 Å². The average Bonchev–Trinajstić information content (AvgIpc) is 3.13. The SMILES string of the molecule is COc1ccc(-c2nc(CSc3nc(C)c(C)c(C)c3C#N)cs2)cc1. The molecule has 3 aromatic rings. The molecule has 0 atom stereocenters. The Hall–Kier alpha value is -2.36. The maximum Gasteiger partial charge on any atom is 0.123 e. The maximum atomic E-state index is 9.48. The van der Waals surface area contributed by atoms with E-state index >= 15 is 0 Å². The fourth-order valence-electron chi connectivity index (χ4n) is 2.53. The molecule has 2 heterocycles. The number of rotatable bonds is 5. The van der Waals surface area contributed by atoms with Gasteiger partial charge in [0.05, 0.1) is 18.4 Å². The molecule has 0 radical (unpaired) electrons. The molecule has 0 fully saturated rings. The van der Waals surface area contributed by atoms with E-state index in [4.69, 9.17) is 9.72 Å². The van der Waals surface area contributed by atoms with Crippen molar-refractivity contribution >= 4 is 23.1 Å². The van der Waals surface area contributed by atoms with Gasteiger partial charge in [-0.05, 0) is 56.2 Å². The molecule has 26 heavy (non-hydrogen) atoms. The molecule has 0 spiro atoms. The largest absolute Gasteiger partial charge is 0.497 e. The van der Waals surface area contributed by atoms with Crippen molar-refractivity contribution in [2.24, 2.45) is 0 Å². The van der Waals surface area contributed by atoms with Crippen LogP contribution in [0.5, 0.6) is 5.75 Å². The molecule has 0 saturated heterocycles. The Bertz CT molecular complexity index is 972. The first-order chi connectivity index (χ1) is 12.5. The van der Waals surface area contributed by atoms with Gasteiger partial charge in [0.25, 0.3) is 0 Å². The van der Waals surface area contributed by atoms with Crippen LogP contribution in [0.25, 0.3) is 10.6 Å². The number of benzene rings is 1. The highest BCUT2D eigenvalue weighted by Crippen LogP contribution is 2.31. The lowest BCUT2D eigenvalue weighted by molar-refractivity contribution is 0.415. The van der Waals surface area contributed by atoms with Gasteiger partial charge in [-0.15, -0.1) is 11.3 Å². The average molecular weight is 382 g/mol. The van der Waals surface area contributed by atoms with E-state index in [1.54, 1.807) is 30.2 Å². The molecular weight excluding hydrogens is 362 g/mol. The van der Waals surface area contributed by atoms with Crippen LogP contribution in [0.3, 0.4) is 0 Å². The molecule has 2 aromatic heterocycles. The number of hydrogen-bond acceptors (Lipinski definition) is 6. The zero-order valence-corrected chi connectivity index (χ0v) is 16.8. The summed E-state index contributed by atoms with van der Waals surface area (Å²) in [6.45, 7) is 5.98. The van der Waals surface area contributed by atoms with Gasteiger partial charge in [0.15, 0.2) is 0 Å². The Morgan fingerprint density at radius 1 is 1.12 bits per heavy atom. The van der Waals surface area contributed by atoms with Crippen LogP contribution in [-0.2, 0) is 5.75 Å². The number of aryl methyl sites for hydroxylation is 1. The monoisotopic (exact) mass is 381 g/mol. The molecule has 4 nitrogen and oxygen atoms in total. The lowest BCUT2D eigenvalue weighted by Crippen LogP contribution is -1.99. The van der Waals surface area contributed by atoms with E-state index in [1.807, 2.05) is 45.0 Å². The van der Waals surface area contributed by atoms with E-state index in [0.717, 1.165) is 43.9 Å². The molecule has 0 aliphatic rings. The summed E-state index contributed by atoms with van der Waals surface area (Å²) in [4.78, 5) is 9.32. The number of nitrogens with zero attached hydrogens (tertiary/aromatic N) is 3. The second kappa shape index (κ2) is 7.90. The zero-order valence-electron chi connectivity index (χ0n) is 15.2. The molecular formula is C20H19N3OS2. The van der Waals surface area contributed by atoms with E-state index in [9.17, 15) is 5.26 Å². The molecule has 0 aliphatic carbocycles. The number of hydrogen-bond donors (Lipinski definition) is 0. The third kappa shape index (κ3) is 3.74. The molecule has 0 N–H and O–H groups in total. The van der Waals surface area contributed by atoms with E-state index in [1.165, 1.54) is 0 Å². The highest BCUT2D eigenvalue weighted by molar-refractivity contribution is 7.98. The van der Waals surface area contributed by atoms with Crippen LogP contribution in [0.15, 0.2) is 34.7 Å². The third-order valence-electron chi connectivity index (χ3n) is 4.32. The van der Waals surface area contributed by atoms with Gasteiger partial charge < -0.3 is 4.74 Å². The second-order valence-electron chi connectivity index (χ2n) is 5.90. The lowest BCUT2D eigenvalue weighted by atomic mass is 10.1. The summed E-state index contributed by atoms with van der Waals surface area (Å²) in [6, 6.07) is 10.2. The smallest absolute Gasteiger partial charge is 0.123 e. The highest BCUT2D eigenvalue weighted by atomic mass is 32.2. The van der Waals surface area contributed by atoms with Gasteiger partial charge >= 0.3 is 0 Å². The van der Waals surface area contributed by atoms with Gasteiger partial charge in [-0.25, -0.2) is 9.97 Å². The molecule has 132 valence electrons. The summed E-state index contributed by atoms with van der Waals surface area (Å²) >= 11 is 3.19. The van der Waals surface area contributed by atoms with Gasteiger partial charge in [-0.3, -0.25) is 0 Å². The summed E-state index contributed by atoms with van der Waals surface area (Å²) in [5, 5.41) is 13.3. The Balaban J connectivity index is 1.77. The molecule has 3 rings (SSSR count). The number of thiazole rings is 1. The van der Waals surface area contributed by atoms with E-state index < -0.39 is 0 Å². The van der Waals surface area contributed by atoms with Crippen molar-refractivity contribution < 1.29 is 4.74 Å². The highest BCUT2D eigenvalue weighted by Gasteiger charge is 2.14. The van der Waals surface area contributed by atoms with Crippen molar-refractivity contribution in [2.75, 3.05) is 7.11 Å². The van der Waals surface area contributed by atoms with Gasteiger partial charge in [-0.2, -0.15) is 5.26 Å². The summed E-state index contributed by atoms with van der Waals surface area (Å²) in [5.41, 5.74) is 5.81. The number of thioether (sulfide) groups is 1. The standard InChI is InChI=1S/C20H19N3OS2/c1-12-13(2)18(9-21)20(22-14(12)3)26-11-16-10-25-19(23-16)15-5-7-17(24-4)8-6-15/h5-8,10H,11H2,1-4H3. The number of methoxy groups -OCH3 is 1. The number of pyridine rings is 1. The van der Waals surface area contributed by atoms with E-state index in [-0.39, 0.29) is 0 Å². The minimum atomic E-state index is 0.670. The Morgan fingerprint density at radius 3 is 2.50 bits per heavy atom. The molecule has 0 unspecified atom stereocenters. The second-order valence-corrected chi connectivity index (χ2v) is 7.72. The fourth-order valence-corrected chi connectivity index (χ4v) is 4.44. The first-order valence-corrected chi connectivity index (χ1v) is 9.99. The zero-order chi connectivity index (χ0) is 18.7. The predicted molar refractivity (Wildman–Crippen MR) is 107 cm³/mol. The third-order valence-corrected chi connectivity index (χ3v) is 6.27. The summed E-state index contributed by atoms with van der Waals surface area (Å²) < 4.78 is 5.19. The molecule has 0 bridgehead atoms. The number of aromatic nitrogens is 2. The Kier molecular flexibility index (Phi) is 5.60. The minimum Gasteiger partial charge on any atom is -0.497 e. The summed E-state index contributed by atoms with van der Waals surface area (Å²) in [5.74, 6) is 1.53. The lowest BCUT2D eigenvalue weighted by Gasteiger charge is -2.10. The molecule has 0 amide bonds. The molecule has 0 aliphatic heterocycles. The van der Waals surface area contributed by atoms with Crippen molar-refractivity contribution in [1.29, 1.82) is 5.26 Å². The van der Waals surface area contributed by atoms with Crippen LogP contribution < -0.4 is 4.74 Å². The summed E-state index contributed by atoms with van der Waals surface area (Å²) in [6.07, 6.45) is 0. The Labute approximate surface area is 161 Å². The van der Waals surface area contributed by atoms with E-state index in [0.29, 0.717) is 11.3 Å². The predicted octanol–water partition coefficient (Wildman–Crippen LogP) is 5.30. The van der Waals surface area contributed by atoms with Gasteiger partial charge in [0.2, 0.25) is 0 Å². The van der Waals surface area contributed by atoms with Crippen LogP contribution >= 0.6 is 23.1 Å². The van der Waals surface area contributed by atoms with Crippen molar-refractivity contribution in [3.63, 3.8) is 0 Å². The molecule has 1 aromatic carbocycles. The topological polar surface area (TPSA) is 58.8 Å². The quantitative estimate of drug-likeness (QED) is 0.561. The van der Waals surface area contributed by atoms with Crippen molar-refractivity contribution in [2.45, 2.75) is 31.6 Å². The Morgan fingerprint density at radius 2 is 1.85 bits per heavy atom. The number of nitriles is 1. The van der Waals surface area contributed by atoms with Crippen LogP contribution in [0.2, 0.25) is 0 Å². The van der Waals surface area contributed by atoms with Crippen LogP contribution in [-0.4, -0.2) is 17.1 Å². The maximum absolute atomic E-state index is 9.48. The molecule has 6 heteroatoms.